The Hall–Kier alpha value is -1.61. The van der Waals surface area contributed by atoms with Crippen molar-refractivity contribution >= 4 is 16.0 Å². The van der Waals surface area contributed by atoms with E-state index in [0.29, 0.717) is 12.1 Å². The molecule has 0 aromatic heterocycles. The van der Waals surface area contributed by atoms with E-state index in [2.05, 4.69) is 0 Å². The first kappa shape index (κ1) is 14.5. The van der Waals surface area contributed by atoms with E-state index in [4.69, 9.17) is 5.11 Å². The molecule has 0 unspecified atom stereocenters. The highest BCUT2D eigenvalue weighted by molar-refractivity contribution is 7.89. The smallest absolute Gasteiger partial charge is 0.321 e. The Bertz CT molecular complexity index is 588. The number of hydrogen-bond donors (Lipinski definition) is 2. The van der Waals surface area contributed by atoms with Crippen LogP contribution in [-0.2, 0) is 14.8 Å². The second-order valence-corrected chi connectivity index (χ2v) is 5.04. The van der Waals surface area contributed by atoms with Crippen LogP contribution in [0.5, 0.6) is 0 Å². The van der Waals surface area contributed by atoms with Gasteiger partial charge < -0.3 is 5.11 Å². The van der Waals surface area contributed by atoms with E-state index >= 15 is 0 Å². The molecular formula is C9H8F3NO4S. The maximum Gasteiger partial charge on any atom is 0.321 e. The maximum absolute atomic E-state index is 13.2. The third-order valence-electron chi connectivity index (χ3n) is 1.99. The molecule has 2 N–H and O–H groups in total. The van der Waals surface area contributed by atoms with Crippen molar-refractivity contribution in [2.75, 3.05) is 0 Å². The quantitative estimate of drug-likeness (QED) is 0.803. The highest BCUT2D eigenvalue weighted by atomic mass is 32.2. The van der Waals surface area contributed by atoms with Crippen LogP contribution in [-0.4, -0.2) is 25.5 Å². The van der Waals surface area contributed by atoms with E-state index in [1.807, 2.05) is 0 Å². The number of nitrogens with one attached hydrogen (secondary N) is 1. The average molecular weight is 283 g/mol. The third-order valence-corrected chi connectivity index (χ3v) is 3.55. The molecule has 0 aliphatic carbocycles. The van der Waals surface area contributed by atoms with Crippen LogP contribution in [0.25, 0.3) is 0 Å². The molecule has 0 fully saturated rings. The Morgan fingerprint density at radius 2 is 1.83 bits per heavy atom. The summed E-state index contributed by atoms with van der Waals surface area (Å²) in [5.41, 5.74) is 0. The van der Waals surface area contributed by atoms with Crippen LogP contribution < -0.4 is 4.72 Å². The van der Waals surface area contributed by atoms with E-state index in [0.717, 1.165) is 6.92 Å². The van der Waals surface area contributed by atoms with Crippen LogP contribution in [0.3, 0.4) is 0 Å². The van der Waals surface area contributed by atoms with E-state index in [-0.39, 0.29) is 0 Å². The van der Waals surface area contributed by atoms with Gasteiger partial charge in [0.25, 0.3) is 0 Å². The summed E-state index contributed by atoms with van der Waals surface area (Å²) in [7, 11) is -4.59. The normalized spacial score (nSPS) is 13.3. The number of benzene rings is 1. The lowest BCUT2D eigenvalue weighted by Gasteiger charge is -2.11. The molecule has 0 amide bonds. The van der Waals surface area contributed by atoms with Gasteiger partial charge in [-0.25, -0.2) is 21.6 Å². The highest BCUT2D eigenvalue weighted by Crippen LogP contribution is 2.19. The van der Waals surface area contributed by atoms with Gasteiger partial charge in [-0.2, -0.15) is 4.72 Å². The number of carboxylic acids is 1. The Kier molecular flexibility index (Phi) is 3.97. The lowest BCUT2D eigenvalue weighted by molar-refractivity contribution is -0.138. The Morgan fingerprint density at radius 1 is 1.28 bits per heavy atom. The Morgan fingerprint density at radius 3 is 2.33 bits per heavy atom. The molecule has 5 nitrogen and oxygen atoms in total. The van der Waals surface area contributed by atoms with Gasteiger partial charge in [0.2, 0.25) is 10.0 Å². The third kappa shape index (κ3) is 2.79. The van der Waals surface area contributed by atoms with Crippen LogP contribution in [0.1, 0.15) is 6.92 Å². The fraction of sp³-hybridized carbons (Fsp3) is 0.222. The van der Waals surface area contributed by atoms with E-state index in [1.54, 1.807) is 4.72 Å². The fourth-order valence-corrected chi connectivity index (χ4v) is 2.33. The lowest BCUT2D eigenvalue weighted by Crippen LogP contribution is -2.38. The zero-order valence-corrected chi connectivity index (χ0v) is 9.76. The van der Waals surface area contributed by atoms with Gasteiger partial charge in [-0.1, -0.05) is 0 Å². The maximum atomic E-state index is 13.2. The van der Waals surface area contributed by atoms with Crippen molar-refractivity contribution in [3.05, 3.63) is 29.6 Å². The molecule has 0 spiro atoms. The molecule has 0 heterocycles. The molecule has 0 aliphatic rings. The number of halogens is 3. The first-order valence-corrected chi connectivity index (χ1v) is 6.03. The van der Waals surface area contributed by atoms with Gasteiger partial charge in [0.1, 0.15) is 10.9 Å². The molecule has 0 bridgehead atoms. The van der Waals surface area contributed by atoms with Gasteiger partial charge in [0, 0.05) is 0 Å². The number of sulfonamides is 1. The number of rotatable bonds is 4. The summed E-state index contributed by atoms with van der Waals surface area (Å²) in [4.78, 5) is 9.30. The van der Waals surface area contributed by atoms with Gasteiger partial charge in [-0.15, -0.1) is 0 Å². The molecule has 0 saturated carbocycles. The van der Waals surface area contributed by atoms with Gasteiger partial charge >= 0.3 is 5.97 Å². The summed E-state index contributed by atoms with van der Waals surface area (Å²) in [6.07, 6.45) is 0. The summed E-state index contributed by atoms with van der Waals surface area (Å²) in [5, 5.41) is 8.51. The standard InChI is InChI=1S/C9H8F3NO4S/c1-4(9(14)15)13-18(16,17)6-3-2-5(10)7(11)8(6)12/h2-4,13H,1H3,(H,14,15)/t4-/m1/s1. The summed E-state index contributed by atoms with van der Waals surface area (Å²) < 4.78 is 63.4. The van der Waals surface area contributed by atoms with Crippen LogP contribution in [0.2, 0.25) is 0 Å². The van der Waals surface area contributed by atoms with Gasteiger partial charge in [0.15, 0.2) is 17.5 Å². The first-order chi connectivity index (χ1) is 8.16. The monoisotopic (exact) mass is 283 g/mol. The number of hydrogen-bond acceptors (Lipinski definition) is 3. The van der Waals surface area contributed by atoms with Crippen molar-refractivity contribution in [3.8, 4) is 0 Å². The molecule has 0 radical (unpaired) electrons. The molecule has 1 aromatic carbocycles. The van der Waals surface area contributed by atoms with Crippen molar-refractivity contribution in [2.24, 2.45) is 0 Å². The summed E-state index contributed by atoms with van der Waals surface area (Å²) in [6.45, 7) is 0.998. The number of carboxylic acid groups (broad SMARTS) is 1. The van der Waals surface area contributed by atoms with Gasteiger partial charge in [-0.3, -0.25) is 4.79 Å². The first-order valence-electron chi connectivity index (χ1n) is 4.55. The molecular weight excluding hydrogens is 275 g/mol. The molecule has 0 saturated heterocycles. The molecule has 1 atom stereocenters. The minimum Gasteiger partial charge on any atom is -0.480 e. The predicted molar refractivity (Wildman–Crippen MR) is 53.7 cm³/mol. The molecule has 1 aromatic rings. The van der Waals surface area contributed by atoms with Crippen LogP contribution in [0, 0.1) is 17.5 Å². The average Bonchev–Trinajstić information content (AvgIpc) is 2.24. The van der Waals surface area contributed by atoms with E-state index < -0.39 is 44.4 Å². The van der Waals surface area contributed by atoms with E-state index in [1.165, 1.54) is 0 Å². The molecule has 100 valence electrons. The van der Waals surface area contributed by atoms with Gasteiger partial charge in [-0.05, 0) is 19.1 Å². The van der Waals surface area contributed by atoms with E-state index in [9.17, 15) is 26.4 Å². The lowest BCUT2D eigenvalue weighted by atomic mass is 10.3. The second-order valence-electron chi connectivity index (χ2n) is 3.35. The van der Waals surface area contributed by atoms with Crippen LogP contribution in [0.15, 0.2) is 17.0 Å². The minimum atomic E-state index is -4.59. The SMILES string of the molecule is C[C@@H](NS(=O)(=O)c1ccc(F)c(F)c1F)C(=O)O. The highest BCUT2D eigenvalue weighted by Gasteiger charge is 2.27. The minimum absolute atomic E-state index is 0.429. The van der Waals surface area contributed by atoms with Gasteiger partial charge in [0.05, 0.1) is 0 Å². The van der Waals surface area contributed by atoms with Crippen molar-refractivity contribution in [3.63, 3.8) is 0 Å². The molecule has 18 heavy (non-hydrogen) atoms. The Balaban J connectivity index is 3.22. The summed E-state index contributed by atoms with van der Waals surface area (Å²) >= 11 is 0. The van der Waals surface area contributed by atoms with Crippen molar-refractivity contribution < 1.29 is 31.5 Å². The molecule has 0 aliphatic heterocycles. The topological polar surface area (TPSA) is 83.5 Å². The van der Waals surface area contributed by atoms with Crippen molar-refractivity contribution in [2.45, 2.75) is 17.9 Å². The number of carbonyl (C=O) groups is 1. The largest absolute Gasteiger partial charge is 0.480 e. The molecule has 9 heteroatoms. The number of aliphatic carboxylic acids is 1. The second kappa shape index (κ2) is 4.94. The zero-order chi connectivity index (χ0) is 14.1. The summed E-state index contributed by atoms with van der Waals surface area (Å²) in [6, 6.07) is -0.606. The Labute approximate surface area is 100 Å². The predicted octanol–water partition coefficient (Wildman–Crippen LogP) is 0.855. The van der Waals surface area contributed by atoms with Crippen molar-refractivity contribution in [1.82, 2.24) is 4.72 Å². The van der Waals surface area contributed by atoms with Crippen LogP contribution in [0.4, 0.5) is 13.2 Å². The fourth-order valence-electron chi connectivity index (χ4n) is 1.06. The zero-order valence-electron chi connectivity index (χ0n) is 8.95. The molecule has 1 rings (SSSR count). The summed E-state index contributed by atoms with van der Waals surface area (Å²) in [5.74, 6) is -6.89. The van der Waals surface area contributed by atoms with Crippen molar-refractivity contribution in [1.29, 1.82) is 0 Å². The van der Waals surface area contributed by atoms with Crippen LogP contribution >= 0.6 is 0 Å².